The Morgan fingerprint density at radius 1 is 1.17 bits per heavy atom. The third-order valence-electron chi connectivity index (χ3n) is 1.97. The van der Waals surface area contributed by atoms with Gasteiger partial charge in [0.1, 0.15) is 0 Å². The van der Waals surface area contributed by atoms with Crippen LogP contribution in [0.5, 0.6) is 6.01 Å². The molecular weight excluding hydrogens is 238 g/mol. The van der Waals surface area contributed by atoms with E-state index in [0.29, 0.717) is 25.0 Å². The predicted octanol–water partition coefficient (Wildman–Crippen LogP) is 0.287. The van der Waals surface area contributed by atoms with Crippen LogP contribution in [0.15, 0.2) is 0 Å². The van der Waals surface area contributed by atoms with Gasteiger partial charge in [-0.15, -0.1) is 0 Å². The number of nitrogens with one attached hydrogen (secondary N) is 2. The van der Waals surface area contributed by atoms with E-state index in [0.717, 1.165) is 0 Å². The van der Waals surface area contributed by atoms with Gasteiger partial charge in [-0.1, -0.05) is 0 Å². The highest BCUT2D eigenvalue weighted by Crippen LogP contribution is 2.10. The lowest BCUT2D eigenvalue weighted by molar-refractivity contribution is -0.140. The van der Waals surface area contributed by atoms with Gasteiger partial charge in [-0.05, 0) is 6.92 Å². The number of methoxy groups -OCH3 is 2. The van der Waals surface area contributed by atoms with Gasteiger partial charge in [0.05, 0.1) is 20.6 Å². The second kappa shape index (κ2) is 7.25. The number of hydrogen-bond acceptors (Lipinski definition) is 8. The Hall–Kier alpha value is -2.12. The standard InChI is InChI=1S/C10H17N5O3/c1-4-11-8-13-9(15-10(14-8)18-3)12-6-5-7(16)17-2/h4-6H2,1-3H3,(H2,11,12,13,14,15). The van der Waals surface area contributed by atoms with Crippen LogP contribution in [0.2, 0.25) is 0 Å². The zero-order valence-electron chi connectivity index (χ0n) is 10.7. The maximum Gasteiger partial charge on any atom is 0.322 e. The summed E-state index contributed by atoms with van der Waals surface area (Å²) < 4.78 is 9.48. The highest BCUT2D eigenvalue weighted by atomic mass is 16.5. The molecule has 0 atom stereocenters. The fourth-order valence-electron chi connectivity index (χ4n) is 1.14. The molecule has 0 spiro atoms. The maximum atomic E-state index is 10.9. The molecule has 0 amide bonds. The highest BCUT2D eigenvalue weighted by molar-refractivity contribution is 5.69. The van der Waals surface area contributed by atoms with E-state index in [1.54, 1.807) is 0 Å². The van der Waals surface area contributed by atoms with Crippen molar-refractivity contribution in [2.45, 2.75) is 13.3 Å². The summed E-state index contributed by atoms with van der Waals surface area (Å²) in [5, 5.41) is 5.86. The summed E-state index contributed by atoms with van der Waals surface area (Å²) in [5.41, 5.74) is 0. The monoisotopic (exact) mass is 255 g/mol. The number of ether oxygens (including phenoxy) is 2. The molecule has 0 aliphatic heterocycles. The normalized spacial score (nSPS) is 9.72. The summed E-state index contributed by atoms with van der Waals surface area (Å²) in [6.45, 7) is 3.00. The molecule has 1 heterocycles. The van der Waals surface area contributed by atoms with E-state index in [2.05, 4.69) is 30.3 Å². The van der Waals surface area contributed by atoms with Crippen LogP contribution in [0.3, 0.4) is 0 Å². The van der Waals surface area contributed by atoms with Crippen molar-refractivity contribution in [3.63, 3.8) is 0 Å². The van der Waals surface area contributed by atoms with E-state index < -0.39 is 0 Å². The summed E-state index contributed by atoms with van der Waals surface area (Å²) in [6, 6.07) is 0.210. The summed E-state index contributed by atoms with van der Waals surface area (Å²) >= 11 is 0. The molecule has 1 rings (SSSR count). The number of hydrogen-bond donors (Lipinski definition) is 2. The zero-order valence-corrected chi connectivity index (χ0v) is 10.7. The molecule has 0 aliphatic rings. The van der Waals surface area contributed by atoms with Crippen molar-refractivity contribution < 1.29 is 14.3 Å². The third kappa shape index (κ3) is 4.40. The molecule has 0 aliphatic carbocycles. The summed E-state index contributed by atoms with van der Waals surface area (Å²) in [6.07, 6.45) is 0.237. The van der Waals surface area contributed by atoms with E-state index in [4.69, 9.17) is 4.74 Å². The fraction of sp³-hybridized carbons (Fsp3) is 0.600. The number of carbonyl (C=O) groups is 1. The van der Waals surface area contributed by atoms with Gasteiger partial charge < -0.3 is 20.1 Å². The summed E-state index contributed by atoms with van der Waals surface area (Å²) in [5.74, 6) is 0.474. The molecule has 0 aromatic carbocycles. The number of nitrogens with zero attached hydrogens (tertiary/aromatic N) is 3. The number of anilines is 2. The van der Waals surface area contributed by atoms with Crippen molar-refractivity contribution in [2.24, 2.45) is 0 Å². The Kier molecular flexibility index (Phi) is 5.62. The van der Waals surface area contributed by atoms with Gasteiger partial charge in [-0.25, -0.2) is 0 Å². The molecule has 8 nitrogen and oxygen atoms in total. The summed E-state index contributed by atoms with van der Waals surface area (Å²) in [4.78, 5) is 23.1. The maximum absolute atomic E-state index is 10.9. The first-order valence-electron chi connectivity index (χ1n) is 5.54. The van der Waals surface area contributed by atoms with Crippen LogP contribution in [0.1, 0.15) is 13.3 Å². The Bertz CT molecular complexity index is 399. The minimum absolute atomic E-state index is 0.210. The third-order valence-corrected chi connectivity index (χ3v) is 1.97. The van der Waals surface area contributed by atoms with Crippen LogP contribution in [-0.4, -0.2) is 48.2 Å². The zero-order chi connectivity index (χ0) is 13.4. The van der Waals surface area contributed by atoms with Crippen molar-refractivity contribution in [1.29, 1.82) is 0 Å². The van der Waals surface area contributed by atoms with Crippen molar-refractivity contribution >= 4 is 17.9 Å². The Morgan fingerprint density at radius 3 is 2.39 bits per heavy atom. The first-order valence-corrected chi connectivity index (χ1v) is 5.54. The largest absolute Gasteiger partial charge is 0.469 e. The van der Waals surface area contributed by atoms with Gasteiger partial charge in [0.25, 0.3) is 0 Å². The molecule has 18 heavy (non-hydrogen) atoms. The number of esters is 1. The van der Waals surface area contributed by atoms with Gasteiger partial charge >= 0.3 is 12.0 Å². The quantitative estimate of drug-likeness (QED) is 0.671. The SMILES string of the molecule is CCNc1nc(NCCC(=O)OC)nc(OC)n1. The Morgan fingerprint density at radius 2 is 1.83 bits per heavy atom. The van der Waals surface area contributed by atoms with Crippen LogP contribution < -0.4 is 15.4 Å². The lowest BCUT2D eigenvalue weighted by atomic mass is 10.4. The van der Waals surface area contributed by atoms with Crippen molar-refractivity contribution in [3.05, 3.63) is 0 Å². The van der Waals surface area contributed by atoms with E-state index in [9.17, 15) is 4.79 Å². The van der Waals surface area contributed by atoms with Crippen molar-refractivity contribution in [2.75, 3.05) is 37.9 Å². The minimum Gasteiger partial charge on any atom is -0.469 e. The molecule has 8 heteroatoms. The highest BCUT2D eigenvalue weighted by Gasteiger charge is 2.06. The molecule has 0 bridgehead atoms. The molecule has 0 unspecified atom stereocenters. The molecule has 2 N–H and O–H groups in total. The van der Waals surface area contributed by atoms with E-state index in [-0.39, 0.29) is 18.4 Å². The van der Waals surface area contributed by atoms with Crippen molar-refractivity contribution in [1.82, 2.24) is 15.0 Å². The summed E-state index contributed by atoms with van der Waals surface area (Å²) in [7, 11) is 2.82. The molecule has 0 fully saturated rings. The van der Waals surface area contributed by atoms with Crippen LogP contribution in [0.4, 0.5) is 11.9 Å². The predicted molar refractivity (Wildman–Crippen MR) is 65.7 cm³/mol. The van der Waals surface area contributed by atoms with Gasteiger partial charge in [0, 0.05) is 13.1 Å². The van der Waals surface area contributed by atoms with E-state index in [1.165, 1.54) is 14.2 Å². The fourth-order valence-corrected chi connectivity index (χ4v) is 1.14. The second-order valence-electron chi connectivity index (χ2n) is 3.25. The molecule has 0 saturated heterocycles. The smallest absolute Gasteiger partial charge is 0.322 e. The lowest BCUT2D eigenvalue weighted by Gasteiger charge is -2.08. The van der Waals surface area contributed by atoms with Crippen LogP contribution in [0, 0.1) is 0 Å². The molecule has 1 aromatic rings. The lowest BCUT2D eigenvalue weighted by Crippen LogP contribution is -2.13. The van der Waals surface area contributed by atoms with Gasteiger partial charge in [0.15, 0.2) is 0 Å². The number of rotatable bonds is 7. The average Bonchev–Trinajstić information content (AvgIpc) is 2.38. The Labute approximate surface area is 105 Å². The first-order chi connectivity index (χ1) is 8.69. The first kappa shape index (κ1) is 13.9. The molecule has 1 aromatic heterocycles. The van der Waals surface area contributed by atoms with Gasteiger partial charge in [0.2, 0.25) is 11.9 Å². The Balaban J connectivity index is 2.63. The molecule has 0 saturated carbocycles. The van der Waals surface area contributed by atoms with Crippen LogP contribution >= 0.6 is 0 Å². The van der Waals surface area contributed by atoms with Gasteiger partial charge in [-0.2, -0.15) is 15.0 Å². The second-order valence-corrected chi connectivity index (χ2v) is 3.25. The number of aromatic nitrogens is 3. The molecule has 100 valence electrons. The topological polar surface area (TPSA) is 98.3 Å². The average molecular weight is 255 g/mol. The molecular formula is C10H17N5O3. The van der Waals surface area contributed by atoms with Gasteiger partial charge in [-0.3, -0.25) is 4.79 Å². The van der Waals surface area contributed by atoms with Crippen LogP contribution in [0.25, 0.3) is 0 Å². The van der Waals surface area contributed by atoms with Crippen LogP contribution in [-0.2, 0) is 9.53 Å². The minimum atomic E-state index is -0.296. The van der Waals surface area contributed by atoms with E-state index in [1.807, 2.05) is 6.92 Å². The molecule has 0 radical (unpaired) electrons. The van der Waals surface area contributed by atoms with Crippen molar-refractivity contribution in [3.8, 4) is 6.01 Å². The van der Waals surface area contributed by atoms with E-state index >= 15 is 0 Å². The number of carbonyl (C=O) groups excluding carboxylic acids is 1.